The number of fused-ring (bicyclic) bond motifs is 1. The number of nitrogens with one attached hydrogen (secondary N) is 1. The number of esters is 1. The molecule has 0 amide bonds. The monoisotopic (exact) mass is 421 g/mol. The van der Waals surface area contributed by atoms with E-state index < -0.39 is 12.0 Å². The van der Waals surface area contributed by atoms with Crippen LogP contribution < -0.4 is 19.5 Å². The van der Waals surface area contributed by atoms with Crippen LogP contribution in [0.1, 0.15) is 18.5 Å². The molecule has 3 rings (SSSR count). The molecule has 1 atom stereocenters. The number of hydrogen-bond donors (Lipinski definition) is 1. The van der Waals surface area contributed by atoms with Crippen LogP contribution in [-0.4, -0.2) is 33.9 Å². The van der Waals surface area contributed by atoms with E-state index in [-0.39, 0.29) is 6.61 Å². The number of rotatable bonds is 9. The first-order valence-electron chi connectivity index (χ1n) is 9.94. The summed E-state index contributed by atoms with van der Waals surface area (Å²) < 4.78 is 21.6. The molecule has 162 valence electrons. The molecule has 0 heterocycles. The number of ether oxygens (including phenoxy) is 4. The molecule has 6 heteroatoms. The number of methoxy groups -OCH3 is 3. The van der Waals surface area contributed by atoms with E-state index >= 15 is 0 Å². The molecule has 0 radical (unpaired) electrons. The zero-order valence-electron chi connectivity index (χ0n) is 18.2. The van der Waals surface area contributed by atoms with Gasteiger partial charge in [-0.3, -0.25) is 0 Å². The fourth-order valence-corrected chi connectivity index (χ4v) is 3.53. The quantitative estimate of drug-likeness (QED) is 0.381. The molecule has 0 bridgehead atoms. The molecule has 0 aliphatic rings. The van der Waals surface area contributed by atoms with Gasteiger partial charge in [-0.1, -0.05) is 49.0 Å². The number of carbonyl (C=O) groups is 1. The van der Waals surface area contributed by atoms with Gasteiger partial charge in [-0.15, -0.1) is 0 Å². The molecule has 0 saturated carbocycles. The molecular weight excluding hydrogens is 394 g/mol. The largest absolute Gasteiger partial charge is 0.493 e. The number of carbonyl (C=O) groups excluding carboxylic acids is 1. The second-order valence-electron chi connectivity index (χ2n) is 6.81. The van der Waals surface area contributed by atoms with Crippen molar-refractivity contribution in [2.75, 3.05) is 33.3 Å². The van der Waals surface area contributed by atoms with Crippen LogP contribution in [0.25, 0.3) is 10.8 Å². The molecule has 6 nitrogen and oxygen atoms in total. The standard InChI is InChI=1S/C25H27NO5/c1-6-31-25(27)16(2)23(20-13-9-11-17-10-7-8-12-19(17)20)26-18-14-21(28-3)24(30-5)22(15-18)29-4/h7-15,23,26H,2,6H2,1,3-5H3/t23-/m1/s1. The Morgan fingerprint density at radius 2 is 1.61 bits per heavy atom. The average Bonchev–Trinajstić information content (AvgIpc) is 2.81. The summed E-state index contributed by atoms with van der Waals surface area (Å²) in [6, 6.07) is 17.0. The second kappa shape index (κ2) is 9.89. The highest BCUT2D eigenvalue weighted by Crippen LogP contribution is 2.41. The summed E-state index contributed by atoms with van der Waals surface area (Å²) in [5, 5.41) is 5.49. The zero-order valence-corrected chi connectivity index (χ0v) is 18.2. The molecule has 0 unspecified atom stereocenters. The van der Waals surface area contributed by atoms with E-state index in [1.807, 2.05) is 42.5 Å². The third kappa shape index (κ3) is 4.58. The second-order valence-corrected chi connectivity index (χ2v) is 6.81. The summed E-state index contributed by atoms with van der Waals surface area (Å²) in [6.07, 6.45) is 0. The average molecular weight is 421 g/mol. The maximum atomic E-state index is 12.6. The first-order valence-corrected chi connectivity index (χ1v) is 9.94. The van der Waals surface area contributed by atoms with Gasteiger partial charge in [0.25, 0.3) is 0 Å². The smallest absolute Gasteiger partial charge is 0.335 e. The van der Waals surface area contributed by atoms with Gasteiger partial charge in [-0.25, -0.2) is 4.79 Å². The van der Waals surface area contributed by atoms with Crippen molar-refractivity contribution in [1.29, 1.82) is 0 Å². The lowest BCUT2D eigenvalue weighted by atomic mass is 9.94. The lowest BCUT2D eigenvalue weighted by Gasteiger charge is -2.24. The van der Waals surface area contributed by atoms with Crippen LogP contribution >= 0.6 is 0 Å². The van der Waals surface area contributed by atoms with Crippen LogP contribution in [0.4, 0.5) is 5.69 Å². The minimum absolute atomic E-state index is 0.268. The SMILES string of the molecule is C=C(C(=O)OCC)[C@@H](Nc1cc(OC)c(OC)c(OC)c1)c1cccc2ccccc12. The van der Waals surface area contributed by atoms with Crippen molar-refractivity contribution >= 4 is 22.4 Å². The Balaban J connectivity index is 2.12. The fourth-order valence-electron chi connectivity index (χ4n) is 3.53. The molecule has 0 aliphatic carbocycles. The lowest BCUT2D eigenvalue weighted by Crippen LogP contribution is -2.20. The third-order valence-corrected chi connectivity index (χ3v) is 5.00. The van der Waals surface area contributed by atoms with E-state index in [0.29, 0.717) is 28.5 Å². The van der Waals surface area contributed by atoms with Crippen LogP contribution in [0.5, 0.6) is 17.2 Å². The Hall–Kier alpha value is -3.67. The van der Waals surface area contributed by atoms with Gasteiger partial charge in [0, 0.05) is 17.8 Å². The zero-order chi connectivity index (χ0) is 22.4. The first kappa shape index (κ1) is 22.0. The van der Waals surface area contributed by atoms with Gasteiger partial charge in [0.1, 0.15) is 0 Å². The summed E-state index contributed by atoms with van der Waals surface area (Å²) >= 11 is 0. The van der Waals surface area contributed by atoms with Crippen molar-refractivity contribution in [3.05, 3.63) is 72.3 Å². The van der Waals surface area contributed by atoms with Crippen molar-refractivity contribution in [3.8, 4) is 17.2 Å². The molecule has 31 heavy (non-hydrogen) atoms. The highest BCUT2D eigenvalue weighted by Gasteiger charge is 2.25. The molecule has 3 aromatic carbocycles. The summed E-state index contributed by atoms with van der Waals surface area (Å²) in [4.78, 5) is 12.6. The molecule has 0 aliphatic heterocycles. The van der Waals surface area contributed by atoms with E-state index in [4.69, 9.17) is 18.9 Å². The van der Waals surface area contributed by atoms with Crippen LogP contribution in [-0.2, 0) is 9.53 Å². The van der Waals surface area contributed by atoms with Crippen molar-refractivity contribution in [2.45, 2.75) is 13.0 Å². The Morgan fingerprint density at radius 1 is 0.968 bits per heavy atom. The van der Waals surface area contributed by atoms with Gasteiger partial charge in [0.15, 0.2) is 11.5 Å². The minimum atomic E-state index is -0.534. The van der Waals surface area contributed by atoms with Crippen LogP contribution in [0.15, 0.2) is 66.7 Å². The molecule has 1 N–H and O–H groups in total. The summed E-state index contributed by atoms with van der Waals surface area (Å²) in [5.41, 5.74) is 1.88. The number of benzene rings is 3. The summed E-state index contributed by atoms with van der Waals surface area (Å²) in [5.74, 6) is 1.03. The molecule has 3 aromatic rings. The third-order valence-electron chi connectivity index (χ3n) is 5.00. The van der Waals surface area contributed by atoms with E-state index in [1.54, 1.807) is 40.4 Å². The van der Waals surface area contributed by atoms with Crippen molar-refractivity contribution in [1.82, 2.24) is 0 Å². The summed E-state index contributed by atoms with van der Waals surface area (Å²) in [7, 11) is 4.66. The Kier molecular flexibility index (Phi) is 7.03. The predicted molar refractivity (Wildman–Crippen MR) is 122 cm³/mol. The Morgan fingerprint density at radius 3 is 2.23 bits per heavy atom. The van der Waals surface area contributed by atoms with Crippen LogP contribution in [0.2, 0.25) is 0 Å². The Labute approximate surface area is 182 Å². The van der Waals surface area contributed by atoms with Crippen molar-refractivity contribution in [2.24, 2.45) is 0 Å². The molecule has 0 spiro atoms. The van der Waals surface area contributed by atoms with Gasteiger partial charge < -0.3 is 24.3 Å². The summed E-state index contributed by atoms with van der Waals surface area (Å²) in [6.45, 7) is 6.08. The molecular formula is C25H27NO5. The molecule has 0 aromatic heterocycles. The maximum absolute atomic E-state index is 12.6. The van der Waals surface area contributed by atoms with Gasteiger partial charge in [0.2, 0.25) is 5.75 Å². The minimum Gasteiger partial charge on any atom is -0.493 e. The van der Waals surface area contributed by atoms with Crippen LogP contribution in [0.3, 0.4) is 0 Å². The van der Waals surface area contributed by atoms with Gasteiger partial charge >= 0.3 is 5.97 Å². The van der Waals surface area contributed by atoms with Gasteiger partial charge in [-0.2, -0.15) is 0 Å². The topological polar surface area (TPSA) is 66.0 Å². The molecule has 0 fully saturated rings. The van der Waals surface area contributed by atoms with Gasteiger partial charge in [-0.05, 0) is 23.3 Å². The number of anilines is 1. The lowest BCUT2D eigenvalue weighted by molar-refractivity contribution is -0.138. The molecule has 0 saturated heterocycles. The van der Waals surface area contributed by atoms with Crippen LogP contribution in [0, 0.1) is 0 Å². The van der Waals surface area contributed by atoms with E-state index in [2.05, 4.69) is 11.9 Å². The normalized spacial score (nSPS) is 11.5. The highest BCUT2D eigenvalue weighted by molar-refractivity contribution is 5.93. The highest BCUT2D eigenvalue weighted by atomic mass is 16.5. The van der Waals surface area contributed by atoms with Gasteiger partial charge in [0.05, 0.1) is 39.6 Å². The Bertz CT molecular complexity index is 1060. The fraction of sp³-hybridized carbons (Fsp3) is 0.240. The predicted octanol–water partition coefficient (Wildman–Crippen LogP) is 5.14. The van der Waals surface area contributed by atoms with Crippen molar-refractivity contribution in [3.63, 3.8) is 0 Å². The number of hydrogen-bond acceptors (Lipinski definition) is 6. The van der Waals surface area contributed by atoms with E-state index in [9.17, 15) is 4.79 Å². The first-order chi connectivity index (χ1) is 15.0. The van der Waals surface area contributed by atoms with E-state index in [0.717, 1.165) is 16.3 Å². The van der Waals surface area contributed by atoms with Crippen molar-refractivity contribution < 1.29 is 23.7 Å². The van der Waals surface area contributed by atoms with E-state index in [1.165, 1.54) is 0 Å². The maximum Gasteiger partial charge on any atom is 0.335 e.